The molecule has 0 aliphatic carbocycles. The van der Waals surface area contributed by atoms with Crippen LogP contribution in [0.25, 0.3) is 0 Å². The molecule has 0 aliphatic heterocycles. The zero-order chi connectivity index (χ0) is 15.2. The van der Waals surface area contributed by atoms with Crippen molar-refractivity contribution in [3.05, 3.63) is 35.9 Å². The van der Waals surface area contributed by atoms with Gasteiger partial charge in [-0.25, -0.2) is 22.0 Å². The fourth-order valence-corrected chi connectivity index (χ4v) is 2.28. The standard InChI is InChI=1S/C13H13F5OS/c14-8-10(15)11(16)13(17,18)6-7-20-12(19)9-4-2-1-3-5-9/h1-5,10-11H,6-8H2. The highest BCUT2D eigenvalue weighted by Crippen LogP contribution is 2.31. The fourth-order valence-electron chi connectivity index (χ4n) is 1.42. The molecule has 0 heterocycles. The van der Waals surface area contributed by atoms with E-state index in [1.165, 1.54) is 12.1 Å². The SMILES string of the molecule is O=C(SCCC(F)(F)C(F)C(F)CF)c1ccccc1. The second-order valence-electron chi connectivity index (χ2n) is 4.09. The molecule has 1 aromatic carbocycles. The molecule has 0 saturated carbocycles. The van der Waals surface area contributed by atoms with Gasteiger partial charge in [-0.05, 0) is 0 Å². The largest absolute Gasteiger partial charge is 0.282 e. The molecule has 2 unspecified atom stereocenters. The molecule has 0 fully saturated rings. The molecule has 0 aromatic heterocycles. The molecule has 112 valence electrons. The average molecular weight is 312 g/mol. The second-order valence-corrected chi connectivity index (χ2v) is 5.15. The third-order valence-corrected chi connectivity index (χ3v) is 3.45. The normalized spacial score (nSPS) is 14.8. The first-order valence-corrected chi connectivity index (χ1v) is 6.81. The van der Waals surface area contributed by atoms with E-state index >= 15 is 0 Å². The maximum Gasteiger partial charge on any atom is 0.282 e. The summed E-state index contributed by atoms with van der Waals surface area (Å²) in [4.78, 5) is 11.6. The van der Waals surface area contributed by atoms with E-state index in [9.17, 15) is 26.7 Å². The summed E-state index contributed by atoms with van der Waals surface area (Å²) in [7, 11) is 0. The third kappa shape index (κ3) is 4.77. The predicted octanol–water partition coefficient (Wildman–Crippen LogP) is 4.23. The summed E-state index contributed by atoms with van der Waals surface area (Å²) in [6.07, 6.45) is -7.07. The van der Waals surface area contributed by atoms with E-state index in [4.69, 9.17) is 0 Å². The van der Waals surface area contributed by atoms with E-state index < -0.39 is 36.5 Å². The zero-order valence-electron chi connectivity index (χ0n) is 10.4. The van der Waals surface area contributed by atoms with Crippen molar-refractivity contribution in [3.63, 3.8) is 0 Å². The number of carbonyl (C=O) groups excluding carboxylic acids is 1. The predicted molar refractivity (Wildman–Crippen MR) is 68.6 cm³/mol. The second kappa shape index (κ2) is 7.61. The fraction of sp³-hybridized carbons (Fsp3) is 0.462. The lowest BCUT2D eigenvalue weighted by Gasteiger charge is -2.21. The lowest BCUT2D eigenvalue weighted by Crippen LogP contribution is -2.39. The monoisotopic (exact) mass is 312 g/mol. The third-order valence-electron chi connectivity index (χ3n) is 2.55. The number of halogens is 5. The molecule has 0 spiro atoms. The molecule has 7 heteroatoms. The lowest BCUT2D eigenvalue weighted by atomic mass is 10.1. The van der Waals surface area contributed by atoms with Crippen molar-refractivity contribution in [1.82, 2.24) is 0 Å². The van der Waals surface area contributed by atoms with Crippen LogP contribution in [0.4, 0.5) is 22.0 Å². The zero-order valence-corrected chi connectivity index (χ0v) is 11.2. The highest BCUT2D eigenvalue weighted by Gasteiger charge is 2.45. The molecule has 1 rings (SSSR count). The Morgan fingerprint density at radius 3 is 2.35 bits per heavy atom. The van der Waals surface area contributed by atoms with Crippen LogP contribution in [-0.4, -0.2) is 35.8 Å². The van der Waals surface area contributed by atoms with Crippen molar-refractivity contribution in [3.8, 4) is 0 Å². The highest BCUT2D eigenvalue weighted by atomic mass is 32.2. The highest BCUT2D eigenvalue weighted by molar-refractivity contribution is 8.14. The molecule has 2 atom stereocenters. The molecule has 1 nitrogen and oxygen atoms in total. The first kappa shape index (κ1) is 16.9. The summed E-state index contributed by atoms with van der Waals surface area (Å²) in [5, 5.41) is -0.431. The van der Waals surface area contributed by atoms with Crippen LogP contribution in [0.1, 0.15) is 16.8 Å². The average Bonchev–Trinajstić information content (AvgIpc) is 2.46. The van der Waals surface area contributed by atoms with Gasteiger partial charge in [-0.3, -0.25) is 4.79 Å². The molecular formula is C13H13F5OS. The molecule has 0 N–H and O–H groups in total. The van der Waals surface area contributed by atoms with E-state index in [0.717, 1.165) is 0 Å². The number of benzene rings is 1. The van der Waals surface area contributed by atoms with Gasteiger partial charge in [-0.1, -0.05) is 42.1 Å². The van der Waals surface area contributed by atoms with Crippen LogP contribution < -0.4 is 0 Å². The van der Waals surface area contributed by atoms with Gasteiger partial charge in [0.1, 0.15) is 6.67 Å². The van der Waals surface area contributed by atoms with Crippen molar-refractivity contribution < 1.29 is 26.7 Å². The van der Waals surface area contributed by atoms with Gasteiger partial charge in [0.2, 0.25) is 5.12 Å². The van der Waals surface area contributed by atoms with E-state index in [1.807, 2.05) is 0 Å². The maximum atomic E-state index is 13.2. The van der Waals surface area contributed by atoms with Crippen LogP contribution in [0, 0.1) is 0 Å². The molecule has 0 saturated heterocycles. The summed E-state index contributed by atoms with van der Waals surface area (Å²) < 4.78 is 63.8. The number of alkyl halides is 5. The van der Waals surface area contributed by atoms with E-state index in [1.54, 1.807) is 18.2 Å². The Morgan fingerprint density at radius 2 is 1.80 bits per heavy atom. The van der Waals surface area contributed by atoms with Crippen LogP contribution in [0.2, 0.25) is 0 Å². The smallest absolute Gasteiger partial charge is 0.282 e. The Morgan fingerprint density at radius 1 is 1.20 bits per heavy atom. The summed E-state index contributed by atoms with van der Waals surface area (Å²) in [6, 6.07) is 7.98. The molecular weight excluding hydrogens is 299 g/mol. The molecule has 0 bridgehead atoms. The number of carbonyl (C=O) groups is 1. The van der Waals surface area contributed by atoms with Gasteiger partial charge in [-0.15, -0.1) is 0 Å². The molecule has 0 amide bonds. The van der Waals surface area contributed by atoms with Crippen LogP contribution in [0.5, 0.6) is 0 Å². The Labute approximate surface area is 117 Å². The van der Waals surface area contributed by atoms with E-state index in [-0.39, 0.29) is 5.75 Å². The van der Waals surface area contributed by atoms with Crippen LogP contribution in [0.3, 0.4) is 0 Å². The van der Waals surface area contributed by atoms with Crippen LogP contribution in [-0.2, 0) is 0 Å². The van der Waals surface area contributed by atoms with Gasteiger partial charge >= 0.3 is 0 Å². The van der Waals surface area contributed by atoms with Crippen LogP contribution in [0.15, 0.2) is 30.3 Å². The Kier molecular flexibility index (Phi) is 6.45. The van der Waals surface area contributed by atoms with Crippen molar-refractivity contribution in [1.29, 1.82) is 0 Å². The number of rotatable bonds is 7. The van der Waals surface area contributed by atoms with E-state index in [2.05, 4.69) is 0 Å². The van der Waals surface area contributed by atoms with Gasteiger partial charge < -0.3 is 0 Å². The van der Waals surface area contributed by atoms with Crippen LogP contribution >= 0.6 is 11.8 Å². The quantitative estimate of drug-likeness (QED) is 0.701. The summed E-state index contributed by atoms with van der Waals surface area (Å²) in [6.45, 7) is -1.80. The van der Waals surface area contributed by atoms with Crippen molar-refractivity contribution in [2.24, 2.45) is 0 Å². The number of hydrogen-bond acceptors (Lipinski definition) is 2. The Bertz CT molecular complexity index is 426. The molecule has 1 aromatic rings. The Balaban J connectivity index is 2.45. The molecule has 0 aliphatic rings. The van der Waals surface area contributed by atoms with Crippen molar-refractivity contribution in [2.45, 2.75) is 24.7 Å². The van der Waals surface area contributed by atoms with Gasteiger partial charge in [0.25, 0.3) is 5.92 Å². The minimum Gasteiger partial charge on any atom is -0.282 e. The van der Waals surface area contributed by atoms with Crippen molar-refractivity contribution in [2.75, 3.05) is 12.4 Å². The maximum absolute atomic E-state index is 13.2. The van der Waals surface area contributed by atoms with Gasteiger partial charge in [0.05, 0.1) is 0 Å². The number of hydrogen-bond donors (Lipinski definition) is 0. The molecule has 0 radical (unpaired) electrons. The summed E-state index contributed by atoms with van der Waals surface area (Å²) >= 11 is 0.591. The number of thioether (sulfide) groups is 1. The Hall–Kier alpha value is -1.11. The van der Waals surface area contributed by atoms with Gasteiger partial charge in [0.15, 0.2) is 12.3 Å². The molecule has 20 heavy (non-hydrogen) atoms. The lowest BCUT2D eigenvalue weighted by molar-refractivity contribution is -0.103. The first-order valence-electron chi connectivity index (χ1n) is 5.82. The van der Waals surface area contributed by atoms with E-state index in [0.29, 0.717) is 17.3 Å². The van der Waals surface area contributed by atoms with Gasteiger partial charge in [-0.2, -0.15) is 0 Å². The first-order chi connectivity index (χ1) is 9.38. The summed E-state index contributed by atoms with van der Waals surface area (Å²) in [5.74, 6) is -4.37. The topological polar surface area (TPSA) is 17.1 Å². The minimum atomic E-state index is -3.99. The summed E-state index contributed by atoms with van der Waals surface area (Å²) in [5.41, 5.74) is 0.338. The van der Waals surface area contributed by atoms with Gasteiger partial charge in [0, 0.05) is 17.7 Å². The minimum absolute atomic E-state index is 0.338. The van der Waals surface area contributed by atoms with Crippen molar-refractivity contribution >= 4 is 16.9 Å².